The van der Waals surface area contributed by atoms with Crippen LogP contribution in [-0.4, -0.2) is 26.4 Å². The van der Waals surface area contributed by atoms with E-state index in [4.69, 9.17) is 0 Å². The maximum atomic E-state index is 13.1. The van der Waals surface area contributed by atoms with E-state index in [1.54, 1.807) is 24.3 Å². The number of hydrogen-bond donors (Lipinski definition) is 2. The predicted octanol–water partition coefficient (Wildman–Crippen LogP) is 4.67. The summed E-state index contributed by atoms with van der Waals surface area (Å²) in [5.74, 6) is 1.96. The van der Waals surface area contributed by atoms with Crippen LogP contribution in [0.4, 0.5) is 0 Å². The quantitative estimate of drug-likeness (QED) is 0.561. The summed E-state index contributed by atoms with van der Waals surface area (Å²) < 4.78 is 30.3. The summed E-state index contributed by atoms with van der Waals surface area (Å²) in [6, 6.07) is 14.3. The highest BCUT2D eigenvalue weighted by molar-refractivity contribution is 9.10. The Morgan fingerprint density at radius 2 is 1.59 bits per heavy atom. The summed E-state index contributed by atoms with van der Waals surface area (Å²) in [4.78, 5) is 12.6. The molecule has 1 amide bonds. The standard InChI is InChI=1S/C25H29BrN2O3S/c26-22-3-1-2-21(13-22)24(29)27-9-8-17-4-6-23(7-5-17)32(30,31)28-25-14-18-10-19(15-25)12-20(11-18)16-25/h1-7,13,18-20,28H,8-12,14-16H2,(H,27,29). The van der Waals surface area contributed by atoms with Crippen LogP contribution in [0.15, 0.2) is 57.9 Å². The van der Waals surface area contributed by atoms with Gasteiger partial charge in [-0.25, -0.2) is 13.1 Å². The molecule has 170 valence electrons. The van der Waals surface area contributed by atoms with Gasteiger partial charge in [0.05, 0.1) is 4.90 Å². The van der Waals surface area contributed by atoms with Crippen LogP contribution in [0, 0.1) is 17.8 Å². The van der Waals surface area contributed by atoms with Crippen molar-refractivity contribution in [2.45, 2.75) is 55.4 Å². The van der Waals surface area contributed by atoms with Crippen molar-refractivity contribution in [3.05, 3.63) is 64.1 Å². The number of carbonyl (C=O) groups excluding carboxylic acids is 1. The monoisotopic (exact) mass is 516 g/mol. The van der Waals surface area contributed by atoms with Crippen LogP contribution in [0.25, 0.3) is 0 Å². The molecule has 4 bridgehead atoms. The number of sulfonamides is 1. The first-order valence-corrected chi connectivity index (χ1v) is 13.7. The third-order valence-corrected chi connectivity index (χ3v) is 9.50. The zero-order valence-corrected chi connectivity index (χ0v) is 20.4. The van der Waals surface area contributed by atoms with Crippen molar-refractivity contribution >= 4 is 31.9 Å². The van der Waals surface area contributed by atoms with E-state index in [1.807, 2.05) is 24.3 Å². The molecular weight excluding hydrogens is 488 g/mol. The van der Waals surface area contributed by atoms with Crippen molar-refractivity contribution in [3.63, 3.8) is 0 Å². The Hall–Kier alpha value is -1.70. The van der Waals surface area contributed by atoms with Crippen LogP contribution >= 0.6 is 15.9 Å². The van der Waals surface area contributed by atoms with Gasteiger partial charge >= 0.3 is 0 Å². The zero-order chi connectivity index (χ0) is 22.3. The Labute approximate surface area is 198 Å². The maximum absolute atomic E-state index is 13.1. The molecule has 2 N–H and O–H groups in total. The molecular formula is C25H29BrN2O3S. The van der Waals surface area contributed by atoms with Crippen molar-refractivity contribution in [1.29, 1.82) is 0 Å². The summed E-state index contributed by atoms with van der Waals surface area (Å²) in [6.07, 6.45) is 7.48. The molecule has 0 spiro atoms. The molecule has 6 rings (SSSR count). The van der Waals surface area contributed by atoms with Gasteiger partial charge in [0, 0.05) is 22.1 Å². The molecule has 0 unspecified atom stereocenters. The average molecular weight is 517 g/mol. The van der Waals surface area contributed by atoms with Crippen LogP contribution in [0.5, 0.6) is 0 Å². The predicted molar refractivity (Wildman–Crippen MR) is 128 cm³/mol. The van der Waals surface area contributed by atoms with Crippen LogP contribution in [-0.2, 0) is 16.4 Å². The molecule has 4 aliphatic rings. The summed E-state index contributed by atoms with van der Waals surface area (Å²) in [6.45, 7) is 0.489. The molecule has 0 atom stereocenters. The van der Waals surface area contributed by atoms with Gasteiger partial charge in [0.2, 0.25) is 10.0 Å². The fourth-order valence-electron chi connectivity index (χ4n) is 6.47. The Kier molecular flexibility index (Phi) is 5.93. The van der Waals surface area contributed by atoms with Gasteiger partial charge in [0.25, 0.3) is 5.91 Å². The molecule has 0 saturated heterocycles. The maximum Gasteiger partial charge on any atom is 0.251 e. The highest BCUT2D eigenvalue weighted by Crippen LogP contribution is 2.55. The summed E-state index contributed by atoms with van der Waals surface area (Å²) in [5, 5.41) is 2.91. The lowest BCUT2D eigenvalue weighted by molar-refractivity contribution is -0.00810. The number of amides is 1. The molecule has 4 aliphatic carbocycles. The molecule has 5 nitrogen and oxygen atoms in total. The minimum absolute atomic E-state index is 0.120. The van der Waals surface area contributed by atoms with Crippen molar-refractivity contribution in [2.24, 2.45) is 17.8 Å². The summed E-state index contributed by atoms with van der Waals surface area (Å²) >= 11 is 3.37. The first kappa shape index (κ1) is 22.1. The fraction of sp³-hybridized carbons (Fsp3) is 0.480. The lowest BCUT2D eigenvalue weighted by Crippen LogP contribution is -2.59. The smallest absolute Gasteiger partial charge is 0.251 e. The second kappa shape index (κ2) is 8.58. The first-order chi connectivity index (χ1) is 15.3. The normalized spacial score (nSPS) is 28.6. The zero-order valence-electron chi connectivity index (χ0n) is 18.0. The molecule has 7 heteroatoms. The number of halogens is 1. The molecule has 4 fully saturated rings. The van der Waals surface area contributed by atoms with E-state index in [2.05, 4.69) is 26.0 Å². The van der Waals surface area contributed by atoms with Crippen LogP contribution in [0.1, 0.15) is 54.4 Å². The van der Waals surface area contributed by atoms with E-state index in [1.165, 1.54) is 19.3 Å². The third-order valence-electron chi connectivity index (χ3n) is 7.41. The molecule has 2 aromatic rings. The largest absolute Gasteiger partial charge is 0.352 e. The van der Waals surface area contributed by atoms with E-state index in [0.29, 0.717) is 41.2 Å². The minimum atomic E-state index is -3.54. The van der Waals surface area contributed by atoms with Crippen molar-refractivity contribution in [2.75, 3.05) is 6.54 Å². The third kappa shape index (κ3) is 4.66. The highest BCUT2D eigenvalue weighted by Gasteiger charge is 2.52. The molecule has 0 aromatic heterocycles. The summed E-state index contributed by atoms with van der Waals surface area (Å²) in [5.41, 5.74) is 1.37. The van der Waals surface area contributed by atoms with Gasteiger partial charge < -0.3 is 5.32 Å². The number of nitrogens with one attached hydrogen (secondary N) is 2. The Balaban J connectivity index is 1.18. The van der Waals surface area contributed by atoms with Gasteiger partial charge in [0.15, 0.2) is 0 Å². The van der Waals surface area contributed by atoms with Crippen molar-refractivity contribution in [3.8, 4) is 0 Å². The topological polar surface area (TPSA) is 75.3 Å². The lowest BCUT2D eigenvalue weighted by Gasteiger charge is -2.56. The average Bonchev–Trinajstić information content (AvgIpc) is 2.72. The van der Waals surface area contributed by atoms with E-state index in [9.17, 15) is 13.2 Å². The highest BCUT2D eigenvalue weighted by atomic mass is 79.9. The first-order valence-electron chi connectivity index (χ1n) is 11.5. The Morgan fingerprint density at radius 3 is 2.19 bits per heavy atom. The number of rotatable bonds is 7. The van der Waals surface area contributed by atoms with Gasteiger partial charge in [-0.3, -0.25) is 4.79 Å². The molecule has 0 aliphatic heterocycles. The SMILES string of the molecule is O=C(NCCc1ccc(S(=O)(=O)NC23CC4CC(CC(C4)C2)C3)cc1)c1cccc(Br)c1. The van der Waals surface area contributed by atoms with Gasteiger partial charge in [-0.1, -0.05) is 34.1 Å². The van der Waals surface area contributed by atoms with Gasteiger partial charge in [-0.2, -0.15) is 0 Å². The van der Waals surface area contributed by atoms with Crippen LogP contribution < -0.4 is 10.0 Å². The van der Waals surface area contributed by atoms with E-state index < -0.39 is 10.0 Å². The number of carbonyl (C=O) groups is 1. The molecule has 0 radical (unpaired) electrons. The number of benzene rings is 2. The molecule has 2 aromatic carbocycles. The van der Waals surface area contributed by atoms with Crippen molar-refractivity contribution < 1.29 is 13.2 Å². The molecule has 0 heterocycles. The van der Waals surface area contributed by atoms with Crippen LogP contribution in [0.3, 0.4) is 0 Å². The summed E-state index contributed by atoms with van der Waals surface area (Å²) in [7, 11) is -3.54. The van der Waals surface area contributed by atoms with E-state index >= 15 is 0 Å². The van der Waals surface area contributed by atoms with Gasteiger partial charge in [-0.15, -0.1) is 0 Å². The second-order valence-electron chi connectivity index (χ2n) is 9.96. The van der Waals surface area contributed by atoms with Crippen LogP contribution in [0.2, 0.25) is 0 Å². The Bertz CT molecular complexity index is 1080. The minimum Gasteiger partial charge on any atom is -0.352 e. The molecule has 4 saturated carbocycles. The molecule has 32 heavy (non-hydrogen) atoms. The van der Waals surface area contributed by atoms with Gasteiger partial charge in [0.1, 0.15) is 0 Å². The number of hydrogen-bond acceptors (Lipinski definition) is 3. The van der Waals surface area contributed by atoms with Gasteiger partial charge in [-0.05, 0) is 98.6 Å². The fourth-order valence-corrected chi connectivity index (χ4v) is 8.30. The van der Waals surface area contributed by atoms with E-state index in [0.717, 1.165) is 29.3 Å². The van der Waals surface area contributed by atoms with E-state index in [-0.39, 0.29) is 11.4 Å². The lowest BCUT2D eigenvalue weighted by atomic mass is 9.53. The van der Waals surface area contributed by atoms with Crippen molar-refractivity contribution in [1.82, 2.24) is 10.0 Å². The second-order valence-corrected chi connectivity index (χ2v) is 12.6. The Morgan fingerprint density at radius 1 is 0.969 bits per heavy atom.